The Morgan fingerprint density at radius 3 is 2.46 bits per heavy atom. The molecule has 5 nitrogen and oxygen atoms in total. The van der Waals surface area contributed by atoms with E-state index in [1.165, 1.54) is 5.56 Å². The lowest BCUT2D eigenvalue weighted by Crippen LogP contribution is -2.48. The van der Waals surface area contributed by atoms with E-state index in [1.807, 2.05) is 49.9 Å². The molecule has 0 atom stereocenters. The standard InChI is InChI=1S/C22H27N3O2S/c1-22(2,3)27-21(26)24-11-8-20(9-12-24)25(15-18-10-13-28-16-18)19-6-4-17(14-23)5-7-19/h4-7,10,13,16,20H,8-9,11-12,15H2,1-3H3. The summed E-state index contributed by atoms with van der Waals surface area (Å²) < 4.78 is 5.51. The average Bonchev–Trinajstić information content (AvgIpc) is 3.18. The van der Waals surface area contributed by atoms with Crippen LogP contribution >= 0.6 is 11.3 Å². The number of likely N-dealkylation sites (tertiary alicyclic amines) is 1. The summed E-state index contributed by atoms with van der Waals surface area (Å²) in [7, 11) is 0. The highest BCUT2D eigenvalue weighted by Gasteiger charge is 2.29. The number of anilines is 1. The highest BCUT2D eigenvalue weighted by atomic mass is 32.1. The van der Waals surface area contributed by atoms with Crippen LogP contribution in [0.25, 0.3) is 0 Å². The van der Waals surface area contributed by atoms with Crippen molar-refractivity contribution in [2.75, 3.05) is 18.0 Å². The smallest absolute Gasteiger partial charge is 0.410 e. The van der Waals surface area contributed by atoms with Gasteiger partial charge in [0.1, 0.15) is 5.60 Å². The van der Waals surface area contributed by atoms with E-state index in [0.717, 1.165) is 25.1 Å². The van der Waals surface area contributed by atoms with E-state index in [4.69, 9.17) is 10.00 Å². The van der Waals surface area contributed by atoms with Crippen LogP contribution in [0.2, 0.25) is 0 Å². The predicted octanol–water partition coefficient (Wildman–Crippen LogP) is 5.03. The van der Waals surface area contributed by atoms with Crippen molar-refractivity contribution in [1.29, 1.82) is 5.26 Å². The molecule has 2 heterocycles. The Morgan fingerprint density at radius 1 is 1.25 bits per heavy atom. The molecule has 0 unspecified atom stereocenters. The molecule has 1 aliphatic heterocycles. The van der Waals surface area contributed by atoms with Crippen molar-refractivity contribution in [3.05, 3.63) is 52.2 Å². The molecule has 0 radical (unpaired) electrons. The van der Waals surface area contributed by atoms with Gasteiger partial charge in [-0.1, -0.05) is 0 Å². The second kappa shape index (κ2) is 8.66. The van der Waals surface area contributed by atoms with Crippen LogP contribution in [-0.4, -0.2) is 35.7 Å². The second-order valence-electron chi connectivity index (χ2n) is 8.12. The average molecular weight is 398 g/mol. The van der Waals surface area contributed by atoms with Crippen LogP contribution < -0.4 is 4.90 Å². The molecule has 148 valence electrons. The summed E-state index contributed by atoms with van der Waals surface area (Å²) in [6.07, 6.45) is 1.56. The van der Waals surface area contributed by atoms with Crippen LogP contribution in [-0.2, 0) is 11.3 Å². The fourth-order valence-corrected chi connectivity index (χ4v) is 4.08. The maximum absolute atomic E-state index is 12.3. The zero-order valence-corrected chi connectivity index (χ0v) is 17.5. The summed E-state index contributed by atoms with van der Waals surface area (Å²) in [5, 5.41) is 13.3. The summed E-state index contributed by atoms with van der Waals surface area (Å²) in [6.45, 7) is 7.89. The Morgan fingerprint density at radius 2 is 1.93 bits per heavy atom. The van der Waals surface area contributed by atoms with Gasteiger partial charge in [0.15, 0.2) is 0 Å². The third kappa shape index (κ3) is 5.26. The molecule has 1 saturated heterocycles. The first-order valence-corrected chi connectivity index (χ1v) is 10.6. The van der Waals surface area contributed by atoms with Gasteiger partial charge in [-0.05, 0) is 80.3 Å². The lowest BCUT2D eigenvalue weighted by molar-refractivity contribution is 0.0204. The topological polar surface area (TPSA) is 56.6 Å². The molecule has 28 heavy (non-hydrogen) atoms. The maximum Gasteiger partial charge on any atom is 0.410 e. The third-order valence-electron chi connectivity index (χ3n) is 4.82. The van der Waals surface area contributed by atoms with Gasteiger partial charge in [-0.15, -0.1) is 0 Å². The molecule has 6 heteroatoms. The summed E-state index contributed by atoms with van der Waals surface area (Å²) >= 11 is 1.70. The van der Waals surface area contributed by atoms with Gasteiger partial charge >= 0.3 is 6.09 Å². The van der Waals surface area contributed by atoms with Crippen LogP contribution in [0.15, 0.2) is 41.1 Å². The number of amides is 1. The van der Waals surface area contributed by atoms with Gasteiger partial charge in [0.05, 0.1) is 11.6 Å². The molecule has 0 N–H and O–H groups in total. The number of benzene rings is 1. The van der Waals surface area contributed by atoms with Gasteiger partial charge in [-0.25, -0.2) is 4.79 Å². The Kier molecular flexibility index (Phi) is 6.25. The third-order valence-corrected chi connectivity index (χ3v) is 5.55. The summed E-state index contributed by atoms with van der Waals surface area (Å²) in [6, 6.07) is 12.4. The molecule has 1 aromatic carbocycles. The van der Waals surface area contributed by atoms with Crippen molar-refractivity contribution in [3.8, 4) is 6.07 Å². The number of hydrogen-bond donors (Lipinski definition) is 0. The highest BCUT2D eigenvalue weighted by molar-refractivity contribution is 7.07. The van der Waals surface area contributed by atoms with E-state index in [1.54, 1.807) is 11.3 Å². The van der Waals surface area contributed by atoms with Crippen molar-refractivity contribution in [2.24, 2.45) is 0 Å². The van der Waals surface area contributed by atoms with E-state index in [9.17, 15) is 4.79 Å². The number of thiophene rings is 1. The number of carbonyl (C=O) groups excluding carboxylic acids is 1. The first-order valence-electron chi connectivity index (χ1n) is 9.61. The molecule has 1 aromatic heterocycles. The number of piperidine rings is 1. The number of rotatable bonds is 4. The Labute approximate surface area is 171 Å². The Hall–Kier alpha value is -2.52. The van der Waals surface area contributed by atoms with Crippen LogP contribution in [0.1, 0.15) is 44.7 Å². The van der Waals surface area contributed by atoms with Gasteiger partial charge in [-0.3, -0.25) is 0 Å². The van der Waals surface area contributed by atoms with Gasteiger partial charge in [0.25, 0.3) is 0 Å². The molecular weight excluding hydrogens is 370 g/mol. The first kappa shape index (κ1) is 20.2. The minimum atomic E-state index is -0.471. The minimum absolute atomic E-state index is 0.228. The molecule has 0 spiro atoms. The lowest BCUT2D eigenvalue weighted by Gasteiger charge is -2.40. The molecule has 1 aliphatic rings. The largest absolute Gasteiger partial charge is 0.444 e. The molecule has 0 bridgehead atoms. The fraction of sp³-hybridized carbons (Fsp3) is 0.455. The van der Waals surface area contributed by atoms with E-state index >= 15 is 0 Å². The zero-order chi connectivity index (χ0) is 20.1. The molecule has 1 amide bonds. The van der Waals surface area contributed by atoms with Crippen LogP contribution in [0.5, 0.6) is 0 Å². The maximum atomic E-state index is 12.3. The van der Waals surface area contributed by atoms with E-state index < -0.39 is 5.60 Å². The van der Waals surface area contributed by atoms with E-state index in [-0.39, 0.29) is 6.09 Å². The fourth-order valence-electron chi connectivity index (χ4n) is 3.42. The number of nitrogens with zero attached hydrogens (tertiary/aromatic N) is 3. The summed E-state index contributed by atoms with van der Waals surface area (Å²) in [5.74, 6) is 0. The Bertz CT molecular complexity index is 811. The molecule has 1 fully saturated rings. The summed E-state index contributed by atoms with van der Waals surface area (Å²) in [4.78, 5) is 16.6. The molecule has 2 aromatic rings. The van der Waals surface area contributed by atoms with Crippen molar-refractivity contribution in [3.63, 3.8) is 0 Å². The van der Waals surface area contributed by atoms with Crippen LogP contribution in [0.3, 0.4) is 0 Å². The number of ether oxygens (including phenoxy) is 1. The van der Waals surface area contributed by atoms with Crippen molar-refractivity contribution in [1.82, 2.24) is 4.90 Å². The van der Waals surface area contributed by atoms with Crippen molar-refractivity contribution >= 4 is 23.1 Å². The van der Waals surface area contributed by atoms with Gasteiger partial charge in [0, 0.05) is 31.4 Å². The number of hydrogen-bond acceptors (Lipinski definition) is 5. The quantitative estimate of drug-likeness (QED) is 0.726. The normalized spacial score (nSPS) is 15.1. The van der Waals surface area contributed by atoms with E-state index in [0.29, 0.717) is 24.7 Å². The van der Waals surface area contributed by atoms with Crippen molar-refractivity contribution < 1.29 is 9.53 Å². The van der Waals surface area contributed by atoms with Crippen LogP contribution in [0, 0.1) is 11.3 Å². The van der Waals surface area contributed by atoms with Gasteiger partial charge in [0.2, 0.25) is 0 Å². The lowest BCUT2D eigenvalue weighted by atomic mass is 10.0. The SMILES string of the molecule is CC(C)(C)OC(=O)N1CCC(N(Cc2ccsc2)c2ccc(C#N)cc2)CC1. The number of carbonyl (C=O) groups is 1. The molecular formula is C22H27N3O2S. The van der Waals surface area contributed by atoms with Crippen LogP contribution in [0.4, 0.5) is 10.5 Å². The monoisotopic (exact) mass is 397 g/mol. The van der Waals surface area contributed by atoms with E-state index in [2.05, 4.69) is 27.8 Å². The molecule has 0 saturated carbocycles. The predicted molar refractivity (Wildman–Crippen MR) is 112 cm³/mol. The first-order chi connectivity index (χ1) is 13.4. The minimum Gasteiger partial charge on any atom is -0.444 e. The Balaban J connectivity index is 1.71. The second-order valence-corrected chi connectivity index (χ2v) is 8.90. The van der Waals surface area contributed by atoms with Gasteiger partial charge < -0.3 is 14.5 Å². The molecule has 0 aliphatic carbocycles. The summed E-state index contributed by atoms with van der Waals surface area (Å²) in [5.41, 5.74) is 2.59. The zero-order valence-electron chi connectivity index (χ0n) is 16.7. The van der Waals surface area contributed by atoms with Crippen molar-refractivity contribution in [2.45, 2.75) is 51.8 Å². The highest BCUT2D eigenvalue weighted by Crippen LogP contribution is 2.27. The van der Waals surface area contributed by atoms with Gasteiger partial charge in [-0.2, -0.15) is 16.6 Å². The number of nitriles is 1. The molecule has 3 rings (SSSR count).